The molecule has 122 valence electrons. The Bertz CT molecular complexity index is 511. The second-order valence-corrected chi connectivity index (χ2v) is 15.8. The van der Waals surface area contributed by atoms with Crippen LogP contribution in [0, 0.1) is 10.8 Å². The molecule has 0 saturated heterocycles. The molecule has 2 aliphatic rings. The van der Waals surface area contributed by atoms with E-state index in [1.807, 2.05) is 0 Å². The summed E-state index contributed by atoms with van der Waals surface area (Å²) in [6.07, 6.45) is 11.8. The van der Waals surface area contributed by atoms with E-state index in [2.05, 4.69) is 65.8 Å². The molecule has 0 spiro atoms. The topological polar surface area (TPSA) is 0 Å². The van der Waals surface area contributed by atoms with E-state index in [4.69, 9.17) is 4.26 Å². The molecule has 0 aromatic heterocycles. The van der Waals surface area contributed by atoms with Crippen molar-refractivity contribution >= 4 is 4.26 Å². The molecule has 2 rings (SSSR count). The molecule has 0 saturated carbocycles. The quantitative estimate of drug-likeness (QED) is 0.447. The van der Waals surface area contributed by atoms with Gasteiger partial charge in [-0.3, -0.25) is 0 Å². The summed E-state index contributed by atoms with van der Waals surface area (Å²) in [4.78, 5) is 0. The van der Waals surface area contributed by atoms with Gasteiger partial charge in [0.1, 0.15) is 0 Å². The van der Waals surface area contributed by atoms with Gasteiger partial charge in [-0.05, 0) is 0 Å². The van der Waals surface area contributed by atoms with E-state index < -0.39 is 21.0 Å². The van der Waals surface area contributed by atoms with Crippen molar-refractivity contribution in [2.45, 2.75) is 54.4 Å². The van der Waals surface area contributed by atoms with E-state index in [0.29, 0.717) is 0 Å². The first-order chi connectivity index (χ1) is 9.12. The molecule has 0 amide bonds. The fourth-order valence-corrected chi connectivity index (χ4v) is 12.7. The van der Waals surface area contributed by atoms with Gasteiger partial charge in [-0.2, -0.15) is 0 Å². The maximum Gasteiger partial charge on any atom is -1.00 e. The average molecular weight is 506 g/mol. The minimum atomic E-state index is -2.07. The minimum absolute atomic E-state index is 0. The van der Waals surface area contributed by atoms with E-state index in [1.54, 1.807) is 17.8 Å². The van der Waals surface area contributed by atoms with Gasteiger partial charge in [-0.1, -0.05) is 0 Å². The predicted molar refractivity (Wildman–Crippen MR) is 87.6 cm³/mol. The van der Waals surface area contributed by atoms with Crippen LogP contribution in [0.3, 0.4) is 0 Å². The van der Waals surface area contributed by atoms with Crippen LogP contribution in [0.2, 0.25) is 0 Å². The summed E-state index contributed by atoms with van der Waals surface area (Å²) >= 11 is -2.07. The Labute approximate surface area is 156 Å². The Kier molecular flexibility index (Phi) is 8.00. The van der Waals surface area contributed by atoms with Crippen LogP contribution in [0.5, 0.6) is 0 Å². The van der Waals surface area contributed by atoms with Crippen molar-refractivity contribution in [3.05, 3.63) is 42.1 Å². The Morgan fingerprint density at radius 3 is 1.36 bits per heavy atom. The summed E-state index contributed by atoms with van der Waals surface area (Å²) in [5, 5.41) is 0. The number of hydrogen-bond acceptors (Lipinski definition) is 0. The molecule has 0 aromatic rings. The van der Waals surface area contributed by atoms with Crippen molar-refractivity contribution in [2.24, 2.45) is 10.8 Å². The first-order valence-corrected chi connectivity index (χ1v) is 13.8. The molecule has 0 heterocycles. The average Bonchev–Trinajstić information content (AvgIpc) is 2.95. The number of rotatable bonds is 2. The smallest absolute Gasteiger partial charge is 1.00 e. The molecule has 3 heteroatoms. The summed E-state index contributed by atoms with van der Waals surface area (Å²) in [5.74, 6) is 0. The third-order valence-corrected chi connectivity index (χ3v) is 12.8. The van der Waals surface area contributed by atoms with Gasteiger partial charge < -0.3 is 24.8 Å². The third-order valence-electron chi connectivity index (χ3n) is 4.21. The normalized spacial score (nSPS) is 17.3. The largest absolute Gasteiger partial charge is 1.00 e. The second kappa shape index (κ2) is 7.90. The summed E-state index contributed by atoms with van der Waals surface area (Å²) in [5.41, 5.74) is 3.71. The van der Waals surface area contributed by atoms with Crippen LogP contribution in [-0.4, -0.2) is 4.26 Å². The monoisotopic (exact) mass is 506 g/mol. The number of hydrogen-bond donors (Lipinski definition) is 0. The Morgan fingerprint density at radius 1 is 0.773 bits per heavy atom. The van der Waals surface area contributed by atoms with Crippen LogP contribution in [0.25, 0.3) is 0 Å². The van der Waals surface area contributed by atoms with E-state index in [0.717, 1.165) is 0 Å². The Morgan fingerprint density at radius 2 is 1.09 bits per heavy atom. The van der Waals surface area contributed by atoms with Gasteiger partial charge in [0.15, 0.2) is 0 Å². The zero-order chi connectivity index (χ0) is 15.1. The van der Waals surface area contributed by atoms with Gasteiger partial charge in [0.05, 0.1) is 0 Å². The van der Waals surface area contributed by atoms with Crippen molar-refractivity contribution < 1.29 is 45.8 Å². The van der Waals surface area contributed by atoms with Crippen LogP contribution in [-0.2, 0) is 21.0 Å². The van der Waals surface area contributed by atoms with E-state index in [-0.39, 0.29) is 35.6 Å². The van der Waals surface area contributed by atoms with Crippen LogP contribution in [0.15, 0.2) is 42.1 Å². The third kappa shape index (κ3) is 4.65. The second-order valence-electron chi connectivity index (χ2n) is 7.98. The van der Waals surface area contributed by atoms with Gasteiger partial charge in [-0.25, -0.2) is 0 Å². The predicted octanol–water partition coefficient (Wildman–Crippen LogP) is -0.435. The fourth-order valence-electron chi connectivity index (χ4n) is 3.17. The molecule has 0 unspecified atom stereocenters. The van der Waals surface area contributed by atoms with Crippen molar-refractivity contribution in [2.75, 3.05) is 0 Å². The first-order valence-electron chi connectivity index (χ1n) is 7.62. The molecule has 0 aliphatic heterocycles. The summed E-state index contributed by atoms with van der Waals surface area (Å²) in [6.45, 7) is 14.0. The van der Waals surface area contributed by atoms with Gasteiger partial charge in [0.2, 0.25) is 0 Å². The standard InChI is InChI=1S/2C9H13.CH2.2ClH.Hf/c2*1-9(2,3)8-6-4-5-7-8;;;;/h2*4,6H,5H2,1-3H3;1H2;2*1H;/q;;;;;+2/p-2. The van der Waals surface area contributed by atoms with E-state index >= 15 is 0 Å². The molecule has 0 aromatic carbocycles. The summed E-state index contributed by atoms with van der Waals surface area (Å²) in [7, 11) is 0. The minimum Gasteiger partial charge on any atom is -1.00 e. The fraction of sp³-hybridized carbons (Fsp3) is 0.526. The summed E-state index contributed by atoms with van der Waals surface area (Å²) in [6, 6.07) is 0. The molecule has 0 nitrogen and oxygen atoms in total. The van der Waals surface area contributed by atoms with Crippen LogP contribution in [0.1, 0.15) is 54.4 Å². The maximum absolute atomic E-state index is 4.75. The van der Waals surface area contributed by atoms with Gasteiger partial charge in [0.25, 0.3) is 0 Å². The van der Waals surface area contributed by atoms with Crippen LogP contribution >= 0.6 is 0 Å². The van der Waals surface area contributed by atoms with Crippen LogP contribution in [0.4, 0.5) is 0 Å². The Balaban J connectivity index is 0.00000220. The van der Waals surface area contributed by atoms with Crippen molar-refractivity contribution in [1.82, 2.24) is 0 Å². The van der Waals surface area contributed by atoms with Crippen LogP contribution < -0.4 is 24.8 Å². The Hall–Kier alpha value is 0.280. The van der Waals surface area contributed by atoms with Gasteiger partial charge >= 0.3 is 133 Å². The zero-order valence-electron chi connectivity index (χ0n) is 14.7. The molecule has 0 radical (unpaired) electrons. The summed E-state index contributed by atoms with van der Waals surface area (Å²) < 4.78 is 8.22. The molecule has 0 atom stereocenters. The number of allylic oxidation sites excluding steroid dienone is 8. The molecule has 2 aliphatic carbocycles. The molecule has 0 fully saturated rings. The first kappa shape index (κ1) is 22.3. The molecule has 0 bridgehead atoms. The molecular formula is C19H28Cl2Hf. The van der Waals surface area contributed by atoms with Crippen molar-refractivity contribution in [1.29, 1.82) is 0 Å². The van der Waals surface area contributed by atoms with E-state index in [1.165, 1.54) is 12.8 Å². The SMILES string of the molecule is [CH2]=[Hf+2]([C]1=C(C(C)(C)C)C=CC1)[C]1=C(C(C)(C)C)C=CC1.[Cl-].[Cl-]. The molecule has 22 heavy (non-hydrogen) atoms. The van der Waals surface area contributed by atoms with E-state index in [9.17, 15) is 0 Å². The molecular weight excluding hydrogens is 478 g/mol. The van der Waals surface area contributed by atoms with Crippen molar-refractivity contribution in [3.63, 3.8) is 0 Å². The number of halogens is 2. The van der Waals surface area contributed by atoms with Gasteiger partial charge in [0, 0.05) is 0 Å². The zero-order valence-corrected chi connectivity index (χ0v) is 19.8. The maximum atomic E-state index is 4.75. The molecule has 0 N–H and O–H groups in total. The van der Waals surface area contributed by atoms with Gasteiger partial charge in [-0.15, -0.1) is 0 Å². The van der Waals surface area contributed by atoms with Crippen molar-refractivity contribution in [3.8, 4) is 0 Å².